The molecular formula is C21H14BrN3OS2. The Bertz CT molecular complexity index is 1170. The number of hydrogen-bond donors (Lipinski definition) is 2. The first-order valence-electron chi connectivity index (χ1n) is 8.42. The zero-order chi connectivity index (χ0) is 19.5. The molecule has 3 aromatic carbocycles. The largest absolute Gasteiger partial charge is 0.308 e. The minimum absolute atomic E-state index is 0.214. The highest BCUT2D eigenvalue weighted by Gasteiger charge is 2.13. The summed E-state index contributed by atoms with van der Waals surface area (Å²) >= 11 is 10.3. The predicted molar refractivity (Wildman–Crippen MR) is 123 cm³/mol. The van der Waals surface area contributed by atoms with Gasteiger partial charge in [-0.3, -0.25) is 10.1 Å². The van der Waals surface area contributed by atoms with E-state index in [1.807, 2.05) is 66.0 Å². The van der Waals surface area contributed by atoms with Crippen LogP contribution in [0.4, 0.5) is 5.13 Å². The van der Waals surface area contributed by atoms with Gasteiger partial charge >= 0.3 is 0 Å². The molecule has 4 aromatic rings. The highest BCUT2D eigenvalue weighted by atomic mass is 79.9. The first-order chi connectivity index (χ1) is 13.6. The van der Waals surface area contributed by atoms with Gasteiger partial charge in [-0.2, -0.15) is 0 Å². The van der Waals surface area contributed by atoms with Crippen molar-refractivity contribution in [2.75, 3.05) is 5.32 Å². The Morgan fingerprint density at radius 2 is 1.71 bits per heavy atom. The molecule has 0 aliphatic rings. The van der Waals surface area contributed by atoms with E-state index >= 15 is 0 Å². The lowest BCUT2D eigenvalue weighted by Crippen LogP contribution is -2.34. The number of halogens is 1. The molecule has 4 nitrogen and oxygen atoms in total. The van der Waals surface area contributed by atoms with Crippen molar-refractivity contribution in [2.45, 2.75) is 0 Å². The van der Waals surface area contributed by atoms with Crippen molar-refractivity contribution in [3.63, 3.8) is 0 Å². The van der Waals surface area contributed by atoms with E-state index in [2.05, 4.69) is 31.5 Å². The summed E-state index contributed by atoms with van der Waals surface area (Å²) < 4.78 is 0.941. The van der Waals surface area contributed by atoms with Crippen LogP contribution in [-0.2, 0) is 0 Å². The maximum atomic E-state index is 12.7. The third-order valence-electron chi connectivity index (χ3n) is 4.13. The van der Waals surface area contributed by atoms with Crippen molar-refractivity contribution >= 4 is 66.4 Å². The minimum Gasteiger partial charge on any atom is -0.308 e. The van der Waals surface area contributed by atoms with Crippen LogP contribution in [-0.4, -0.2) is 16.0 Å². The molecule has 138 valence electrons. The van der Waals surface area contributed by atoms with Crippen LogP contribution in [0.2, 0.25) is 0 Å². The van der Waals surface area contributed by atoms with Crippen LogP contribution in [0.5, 0.6) is 0 Å². The molecule has 1 heterocycles. The summed E-state index contributed by atoms with van der Waals surface area (Å²) in [6.45, 7) is 0. The standard InChI is InChI=1S/C21H14BrN3OS2/c22-17-11-5-8-14-15(17)9-4-10-16(14)19(26)24-20(27)25-21-23-18(12-28-21)13-6-2-1-3-7-13/h1-12H,(H2,23,24,25,26,27). The van der Waals surface area contributed by atoms with Crippen LogP contribution in [0, 0.1) is 0 Å². The van der Waals surface area contributed by atoms with Gasteiger partial charge in [0.1, 0.15) is 0 Å². The number of rotatable bonds is 3. The van der Waals surface area contributed by atoms with E-state index in [0.717, 1.165) is 26.5 Å². The van der Waals surface area contributed by atoms with Gasteiger partial charge in [-0.25, -0.2) is 4.98 Å². The van der Waals surface area contributed by atoms with Crippen molar-refractivity contribution in [3.8, 4) is 11.3 Å². The normalized spacial score (nSPS) is 10.6. The second kappa shape index (κ2) is 8.18. The van der Waals surface area contributed by atoms with E-state index in [0.29, 0.717) is 10.7 Å². The molecule has 4 rings (SSSR count). The fraction of sp³-hybridized carbons (Fsp3) is 0. The van der Waals surface area contributed by atoms with Gasteiger partial charge in [-0.15, -0.1) is 11.3 Å². The molecule has 0 atom stereocenters. The molecule has 0 saturated carbocycles. The Morgan fingerprint density at radius 1 is 0.964 bits per heavy atom. The number of anilines is 1. The predicted octanol–water partition coefficient (Wildman–Crippen LogP) is 5.85. The number of benzene rings is 3. The Hall–Kier alpha value is -2.61. The summed E-state index contributed by atoms with van der Waals surface area (Å²) in [6, 6.07) is 21.3. The summed E-state index contributed by atoms with van der Waals surface area (Å²) in [5.41, 5.74) is 2.45. The van der Waals surface area contributed by atoms with Crippen molar-refractivity contribution in [1.82, 2.24) is 10.3 Å². The molecule has 0 fully saturated rings. The molecule has 28 heavy (non-hydrogen) atoms. The molecule has 0 unspecified atom stereocenters. The van der Waals surface area contributed by atoms with Gasteiger partial charge < -0.3 is 5.32 Å². The Kier molecular flexibility index (Phi) is 5.47. The third kappa shape index (κ3) is 3.96. The van der Waals surface area contributed by atoms with Gasteiger partial charge in [0.2, 0.25) is 0 Å². The highest BCUT2D eigenvalue weighted by molar-refractivity contribution is 9.10. The lowest BCUT2D eigenvalue weighted by Gasteiger charge is -2.10. The molecule has 0 aliphatic carbocycles. The number of fused-ring (bicyclic) bond motifs is 1. The van der Waals surface area contributed by atoms with Crippen LogP contribution < -0.4 is 10.6 Å². The molecule has 2 N–H and O–H groups in total. The molecule has 0 spiro atoms. The highest BCUT2D eigenvalue weighted by Crippen LogP contribution is 2.27. The second-order valence-electron chi connectivity index (χ2n) is 5.95. The maximum Gasteiger partial charge on any atom is 0.258 e. The SMILES string of the molecule is O=C(NC(=S)Nc1nc(-c2ccccc2)cs1)c1cccc2c(Br)cccc12. The summed E-state index contributed by atoms with van der Waals surface area (Å²) in [7, 11) is 0. The summed E-state index contributed by atoms with van der Waals surface area (Å²) in [5, 5.41) is 10.4. The zero-order valence-electron chi connectivity index (χ0n) is 14.5. The van der Waals surface area contributed by atoms with Crippen LogP contribution in [0.25, 0.3) is 22.0 Å². The Balaban J connectivity index is 1.48. The number of thiazole rings is 1. The molecule has 1 aromatic heterocycles. The Morgan fingerprint density at radius 3 is 2.54 bits per heavy atom. The van der Waals surface area contributed by atoms with Gasteiger partial charge in [0.15, 0.2) is 10.2 Å². The van der Waals surface area contributed by atoms with E-state index in [9.17, 15) is 4.79 Å². The molecule has 1 amide bonds. The van der Waals surface area contributed by atoms with E-state index in [-0.39, 0.29) is 11.0 Å². The number of amides is 1. The van der Waals surface area contributed by atoms with Gasteiger partial charge in [0.25, 0.3) is 5.91 Å². The third-order valence-corrected chi connectivity index (χ3v) is 5.79. The van der Waals surface area contributed by atoms with E-state index < -0.39 is 0 Å². The fourth-order valence-corrected chi connectivity index (χ4v) is 4.32. The summed E-state index contributed by atoms with van der Waals surface area (Å²) in [6.07, 6.45) is 0. The molecule has 0 radical (unpaired) electrons. The molecule has 7 heteroatoms. The van der Waals surface area contributed by atoms with Crippen molar-refractivity contribution in [2.24, 2.45) is 0 Å². The molecule has 0 saturated heterocycles. The first kappa shape index (κ1) is 18.7. The quantitative estimate of drug-likeness (QED) is 0.370. The summed E-state index contributed by atoms with van der Waals surface area (Å²) in [4.78, 5) is 17.3. The topological polar surface area (TPSA) is 54.0 Å². The molecular weight excluding hydrogens is 454 g/mol. The summed E-state index contributed by atoms with van der Waals surface area (Å²) in [5.74, 6) is -0.263. The van der Waals surface area contributed by atoms with E-state index in [1.54, 1.807) is 6.07 Å². The fourth-order valence-electron chi connectivity index (χ4n) is 2.84. The number of nitrogens with zero attached hydrogens (tertiary/aromatic N) is 1. The van der Waals surface area contributed by atoms with Crippen molar-refractivity contribution in [1.29, 1.82) is 0 Å². The average Bonchev–Trinajstić information content (AvgIpc) is 3.17. The van der Waals surface area contributed by atoms with Gasteiger partial charge in [0.05, 0.1) is 5.69 Å². The number of thiocarbonyl (C=S) groups is 1. The first-order valence-corrected chi connectivity index (χ1v) is 10.5. The number of carbonyl (C=O) groups excluding carboxylic acids is 1. The number of hydrogen-bond acceptors (Lipinski definition) is 4. The molecule has 0 bridgehead atoms. The lowest BCUT2D eigenvalue weighted by atomic mass is 10.0. The van der Waals surface area contributed by atoms with Crippen molar-refractivity contribution in [3.05, 3.63) is 82.1 Å². The molecule has 0 aliphatic heterocycles. The second-order valence-corrected chi connectivity index (χ2v) is 8.07. The van der Waals surface area contributed by atoms with Crippen LogP contribution in [0.15, 0.2) is 76.6 Å². The van der Waals surface area contributed by atoms with Gasteiger partial charge in [0, 0.05) is 21.0 Å². The van der Waals surface area contributed by atoms with E-state index in [1.165, 1.54) is 11.3 Å². The number of nitrogens with one attached hydrogen (secondary N) is 2. The van der Waals surface area contributed by atoms with Crippen molar-refractivity contribution < 1.29 is 4.79 Å². The average molecular weight is 468 g/mol. The minimum atomic E-state index is -0.263. The van der Waals surface area contributed by atoms with Crippen LogP contribution >= 0.6 is 39.5 Å². The van der Waals surface area contributed by atoms with Crippen LogP contribution in [0.1, 0.15) is 10.4 Å². The maximum absolute atomic E-state index is 12.7. The zero-order valence-corrected chi connectivity index (χ0v) is 17.7. The monoisotopic (exact) mass is 467 g/mol. The smallest absolute Gasteiger partial charge is 0.258 e. The van der Waals surface area contributed by atoms with Crippen LogP contribution in [0.3, 0.4) is 0 Å². The number of carbonyl (C=O) groups is 1. The Labute approximate surface area is 179 Å². The van der Waals surface area contributed by atoms with Gasteiger partial charge in [-0.05, 0) is 35.1 Å². The lowest BCUT2D eigenvalue weighted by molar-refractivity contribution is 0.0979. The van der Waals surface area contributed by atoms with E-state index in [4.69, 9.17) is 12.2 Å². The van der Waals surface area contributed by atoms with Gasteiger partial charge in [-0.1, -0.05) is 70.5 Å². The number of aromatic nitrogens is 1.